The van der Waals surface area contributed by atoms with Crippen molar-refractivity contribution in [2.24, 2.45) is 0 Å². The fraction of sp³-hybridized carbons (Fsp3) is 0.280. The van der Waals surface area contributed by atoms with Gasteiger partial charge in [0.1, 0.15) is 5.82 Å². The second-order valence-corrected chi connectivity index (χ2v) is 7.26. The summed E-state index contributed by atoms with van der Waals surface area (Å²) in [5.41, 5.74) is 4.60. The van der Waals surface area contributed by atoms with Crippen molar-refractivity contribution in [1.82, 2.24) is 4.57 Å². The van der Waals surface area contributed by atoms with Crippen molar-refractivity contribution in [1.29, 1.82) is 0 Å². The first-order valence-electron chi connectivity index (χ1n) is 10.4. The van der Waals surface area contributed by atoms with Crippen LogP contribution in [0.3, 0.4) is 0 Å². The molecule has 0 bridgehead atoms. The summed E-state index contributed by atoms with van der Waals surface area (Å²) in [5.74, 6) is -0.875. The lowest BCUT2D eigenvalue weighted by Gasteiger charge is -2.13. The van der Waals surface area contributed by atoms with Gasteiger partial charge >= 0.3 is 5.97 Å². The molecule has 0 aliphatic carbocycles. The molecule has 3 aromatic rings. The number of aromatic nitrogens is 1. The third-order valence-corrected chi connectivity index (χ3v) is 5.21. The van der Waals surface area contributed by atoms with Crippen LogP contribution in [0.25, 0.3) is 11.3 Å². The van der Waals surface area contributed by atoms with E-state index >= 15 is 0 Å². The van der Waals surface area contributed by atoms with Crippen LogP contribution in [0.15, 0.2) is 54.6 Å². The maximum Gasteiger partial charge on any atom is 0.339 e. The van der Waals surface area contributed by atoms with Crippen LogP contribution in [-0.4, -0.2) is 23.1 Å². The molecule has 1 aromatic heterocycles. The summed E-state index contributed by atoms with van der Waals surface area (Å²) in [6, 6.07) is 15.6. The van der Waals surface area contributed by atoms with Crippen LogP contribution in [0.4, 0.5) is 10.1 Å². The van der Waals surface area contributed by atoms with Crippen LogP contribution in [-0.2, 0) is 22.5 Å². The quantitative estimate of drug-likeness (QED) is 0.497. The molecular formula is C25H27FN2O3. The number of aryl methyl sites for hydroxylation is 1. The summed E-state index contributed by atoms with van der Waals surface area (Å²) in [5, 5.41) is 2.91. The number of esters is 1. The van der Waals surface area contributed by atoms with Crippen LogP contribution < -0.4 is 5.32 Å². The topological polar surface area (TPSA) is 60.3 Å². The second kappa shape index (κ2) is 10.1. The highest BCUT2D eigenvalue weighted by Gasteiger charge is 2.20. The molecule has 0 aliphatic rings. The van der Waals surface area contributed by atoms with E-state index in [1.165, 1.54) is 17.7 Å². The minimum Gasteiger partial charge on any atom is -0.462 e. The van der Waals surface area contributed by atoms with E-state index in [0.29, 0.717) is 17.8 Å². The van der Waals surface area contributed by atoms with Crippen LogP contribution in [0, 0.1) is 12.7 Å². The molecule has 6 heteroatoms. The standard InChI is InChI=1S/C25H27FN2O3/c1-4-18-6-12-21(13-7-18)27-24(29)14-15-28-17(3)22(25(30)31-5-2)16-23(28)19-8-10-20(26)11-9-19/h6-13,16H,4-5,14-15H2,1-3H3,(H,27,29). The first-order chi connectivity index (χ1) is 14.9. The van der Waals surface area contributed by atoms with Crippen LogP contribution in [0.2, 0.25) is 0 Å². The van der Waals surface area contributed by atoms with Crippen molar-refractivity contribution >= 4 is 17.6 Å². The molecule has 0 saturated carbocycles. The van der Waals surface area contributed by atoms with Crippen molar-refractivity contribution in [2.45, 2.75) is 40.2 Å². The number of hydrogen-bond acceptors (Lipinski definition) is 3. The summed E-state index contributed by atoms with van der Waals surface area (Å²) in [7, 11) is 0. The van der Waals surface area contributed by atoms with Gasteiger partial charge in [-0.3, -0.25) is 4.79 Å². The monoisotopic (exact) mass is 422 g/mol. The number of anilines is 1. The molecule has 1 amide bonds. The Morgan fingerprint density at radius 3 is 2.32 bits per heavy atom. The van der Waals surface area contributed by atoms with Gasteiger partial charge in [-0.05, 0) is 73.9 Å². The number of nitrogens with zero attached hydrogens (tertiary/aromatic N) is 1. The molecule has 0 spiro atoms. The van der Waals surface area contributed by atoms with Gasteiger partial charge in [-0.1, -0.05) is 19.1 Å². The Bertz CT molecular complexity index is 1050. The molecule has 3 rings (SSSR count). The van der Waals surface area contributed by atoms with Gasteiger partial charge in [0, 0.05) is 30.0 Å². The summed E-state index contributed by atoms with van der Waals surface area (Å²) in [6.45, 7) is 6.30. The summed E-state index contributed by atoms with van der Waals surface area (Å²) in [4.78, 5) is 24.9. The normalized spacial score (nSPS) is 10.7. The Hall–Kier alpha value is -3.41. The smallest absolute Gasteiger partial charge is 0.339 e. The van der Waals surface area contributed by atoms with Crippen molar-refractivity contribution < 1.29 is 18.7 Å². The number of nitrogens with one attached hydrogen (secondary N) is 1. The van der Waals surface area contributed by atoms with Gasteiger partial charge in [0.25, 0.3) is 0 Å². The second-order valence-electron chi connectivity index (χ2n) is 7.26. The van der Waals surface area contributed by atoms with E-state index in [4.69, 9.17) is 4.74 Å². The molecular weight excluding hydrogens is 395 g/mol. The van der Waals surface area contributed by atoms with E-state index in [-0.39, 0.29) is 24.8 Å². The van der Waals surface area contributed by atoms with Crippen molar-refractivity contribution in [2.75, 3.05) is 11.9 Å². The maximum absolute atomic E-state index is 13.4. The fourth-order valence-corrected chi connectivity index (χ4v) is 3.47. The zero-order valence-electron chi connectivity index (χ0n) is 18.1. The van der Waals surface area contributed by atoms with Crippen LogP contribution in [0.5, 0.6) is 0 Å². The third kappa shape index (κ3) is 5.40. The fourth-order valence-electron chi connectivity index (χ4n) is 3.47. The SMILES string of the molecule is CCOC(=O)c1cc(-c2ccc(F)cc2)n(CCC(=O)Nc2ccc(CC)cc2)c1C. The molecule has 0 fully saturated rings. The van der Waals surface area contributed by atoms with Crippen molar-refractivity contribution in [3.63, 3.8) is 0 Å². The number of ether oxygens (including phenoxy) is 1. The van der Waals surface area contributed by atoms with E-state index in [2.05, 4.69) is 12.2 Å². The number of rotatable bonds is 8. The van der Waals surface area contributed by atoms with E-state index in [0.717, 1.165) is 23.4 Å². The lowest BCUT2D eigenvalue weighted by Crippen LogP contribution is -2.16. The number of carbonyl (C=O) groups excluding carboxylic acids is 2. The number of benzene rings is 2. The Labute approximate surface area is 181 Å². The van der Waals surface area contributed by atoms with Crippen LogP contribution in [0.1, 0.15) is 41.9 Å². The van der Waals surface area contributed by atoms with Gasteiger partial charge in [0.05, 0.1) is 12.2 Å². The molecule has 31 heavy (non-hydrogen) atoms. The highest BCUT2D eigenvalue weighted by atomic mass is 19.1. The molecule has 162 valence electrons. The highest BCUT2D eigenvalue weighted by Crippen LogP contribution is 2.27. The lowest BCUT2D eigenvalue weighted by atomic mass is 10.1. The average Bonchev–Trinajstić information content (AvgIpc) is 3.10. The minimum atomic E-state index is -0.414. The Balaban J connectivity index is 1.81. The number of halogens is 1. The molecule has 0 aliphatic heterocycles. The molecule has 1 heterocycles. The maximum atomic E-state index is 13.4. The molecule has 5 nitrogen and oxygen atoms in total. The van der Waals surface area contributed by atoms with Gasteiger partial charge in [0.2, 0.25) is 5.91 Å². The predicted molar refractivity (Wildman–Crippen MR) is 120 cm³/mol. The van der Waals surface area contributed by atoms with Crippen molar-refractivity contribution in [3.05, 3.63) is 77.2 Å². The summed E-state index contributed by atoms with van der Waals surface area (Å²) < 4.78 is 20.5. The van der Waals surface area contributed by atoms with Gasteiger partial charge in [-0.2, -0.15) is 0 Å². The Morgan fingerprint density at radius 2 is 1.71 bits per heavy atom. The Morgan fingerprint density at radius 1 is 1.03 bits per heavy atom. The van der Waals surface area contributed by atoms with E-state index in [1.54, 1.807) is 25.1 Å². The zero-order chi connectivity index (χ0) is 22.4. The highest BCUT2D eigenvalue weighted by molar-refractivity contribution is 5.93. The largest absolute Gasteiger partial charge is 0.462 e. The first-order valence-corrected chi connectivity index (χ1v) is 10.4. The van der Waals surface area contributed by atoms with Crippen LogP contribution >= 0.6 is 0 Å². The van der Waals surface area contributed by atoms with Gasteiger partial charge in [-0.15, -0.1) is 0 Å². The molecule has 2 aromatic carbocycles. The molecule has 0 saturated heterocycles. The molecule has 0 radical (unpaired) electrons. The van der Waals surface area contributed by atoms with Gasteiger partial charge < -0.3 is 14.6 Å². The lowest BCUT2D eigenvalue weighted by molar-refractivity contribution is -0.116. The minimum absolute atomic E-state index is 0.125. The van der Waals surface area contributed by atoms with Gasteiger partial charge in [-0.25, -0.2) is 9.18 Å². The van der Waals surface area contributed by atoms with E-state index in [1.807, 2.05) is 35.8 Å². The number of carbonyl (C=O) groups is 2. The predicted octanol–water partition coefficient (Wildman–Crippen LogP) is 5.37. The molecule has 1 N–H and O–H groups in total. The average molecular weight is 423 g/mol. The third-order valence-electron chi connectivity index (χ3n) is 5.21. The van der Waals surface area contributed by atoms with Gasteiger partial charge in [0.15, 0.2) is 0 Å². The Kier molecular flexibility index (Phi) is 7.23. The van der Waals surface area contributed by atoms with E-state index in [9.17, 15) is 14.0 Å². The number of amides is 1. The zero-order valence-corrected chi connectivity index (χ0v) is 18.1. The first kappa shape index (κ1) is 22.3. The molecule has 0 atom stereocenters. The number of hydrogen-bond donors (Lipinski definition) is 1. The summed E-state index contributed by atoms with van der Waals surface area (Å²) >= 11 is 0. The van der Waals surface area contributed by atoms with E-state index < -0.39 is 5.97 Å². The summed E-state index contributed by atoms with van der Waals surface area (Å²) in [6.07, 6.45) is 1.16. The van der Waals surface area contributed by atoms with Crippen molar-refractivity contribution in [3.8, 4) is 11.3 Å². The molecule has 0 unspecified atom stereocenters.